The van der Waals surface area contributed by atoms with Gasteiger partial charge in [-0.05, 0) is 38.5 Å². The summed E-state index contributed by atoms with van der Waals surface area (Å²) in [6, 6.07) is 0.489. The third kappa shape index (κ3) is 4.21. The van der Waals surface area contributed by atoms with Crippen LogP contribution in [0.5, 0.6) is 0 Å². The van der Waals surface area contributed by atoms with Crippen LogP contribution >= 0.6 is 0 Å². The number of amides is 1. The monoisotopic (exact) mass is 281 g/mol. The van der Waals surface area contributed by atoms with Gasteiger partial charge in [0, 0.05) is 26.1 Å². The fraction of sp³-hybridized carbons (Fsp3) is 0.941. The molecule has 116 valence electrons. The first kappa shape index (κ1) is 15.8. The van der Waals surface area contributed by atoms with Gasteiger partial charge in [-0.25, -0.2) is 0 Å². The Balaban J connectivity index is 1.84. The van der Waals surface area contributed by atoms with Crippen molar-refractivity contribution >= 4 is 5.91 Å². The lowest BCUT2D eigenvalue weighted by Gasteiger charge is -2.35. The standard InChI is InChI=1S/C17H31NO2/c1-18(15-8-6-4-3-5-7-9-15)17(19)14-10-12-16(20-2)13-11-14/h14-16H,3-13H2,1-2H3. The molecule has 0 bridgehead atoms. The predicted octanol–water partition coefficient (Wildman–Crippen LogP) is 3.76. The lowest BCUT2D eigenvalue weighted by molar-refractivity contribution is -0.138. The van der Waals surface area contributed by atoms with Crippen molar-refractivity contribution in [3.63, 3.8) is 0 Å². The van der Waals surface area contributed by atoms with Crippen molar-refractivity contribution in [3.05, 3.63) is 0 Å². The third-order valence-corrected chi connectivity index (χ3v) is 5.33. The molecule has 0 aromatic carbocycles. The molecule has 2 rings (SSSR count). The highest BCUT2D eigenvalue weighted by atomic mass is 16.5. The van der Waals surface area contributed by atoms with Gasteiger partial charge in [0.25, 0.3) is 0 Å². The molecule has 2 aliphatic carbocycles. The highest BCUT2D eigenvalue weighted by Crippen LogP contribution is 2.29. The molecular formula is C17H31NO2. The van der Waals surface area contributed by atoms with Crippen molar-refractivity contribution in [2.24, 2.45) is 5.92 Å². The van der Waals surface area contributed by atoms with E-state index in [2.05, 4.69) is 4.90 Å². The number of carbonyl (C=O) groups excluding carboxylic acids is 1. The van der Waals surface area contributed by atoms with Crippen LogP contribution in [0.25, 0.3) is 0 Å². The van der Waals surface area contributed by atoms with Gasteiger partial charge >= 0.3 is 0 Å². The number of hydrogen-bond donors (Lipinski definition) is 0. The number of nitrogens with zero attached hydrogens (tertiary/aromatic N) is 1. The second kappa shape index (κ2) is 8.02. The molecule has 3 nitrogen and oxygen atoms in total. The van der Waals surface area contributed by atoms with E-state index in [1.807, 2.05) is 7.05 Å². The van der Waals surface area contributed by atoms with Gasteiger partial charge < -0.3 is 9.64 Å². The molecular weight excluding hydrogens is 250 g/mol. The average molecular weight is 281 g/mol. The Kier molecular flexibility index (Phi) is 6.34. The van der Waals surface area contributed by atoms with E-state index in [4.69, 9.17) is 4.74 Å². The van der Waals surface area contributed by atoms with Crippen LogP contribution < -0.4 is 0 Å². The molecule has 2 aliphatic rings. The van der Waals surface area contributed by atoms with Crippen LogP contribution in [0.1, 0.15) is 70.6 Å². The van der Waals surface area contributed by atoms with Crippen LogP contribution in [0, 0.1) is 5.92 Å². The Morgan fingerprint density at radius 3 is 2.00 bits per heavy atom. The molecule has 0 aromatic rings. The summed E-state index contributed by atoms with van der Waals surface area (Å²) in [4.78, 5) is 14.8. The molecule has 3 heteroatoms. The molecule has 0 atom stereocenters. The summed E-state index contributed by atoms with van der Waals surface area (Å²) < 4.78 is 5.40. The minimum absolute atomic E-state index is 0.247. The summed E-state index contributed by atoms with van der Waals surface area (Å²) in [6.07, 6.45) is 13.5. The Hall–Kier alpha value is -0.570. The Morgan fingerprint density at radius 2 is 1.45 bits per heavy atom. The van der Waals surface area contributed by atoms with Crippen molar-refractivity contribution in [3.8, 4) is 0 Å². The zero-order valence-electron chi connectivity index (χ0n) is 13.3. The molecule has 0 spiro atoms. The summed E-state index contributed by atoms with van der Waals surface area (Å²) in [5.74, 6) is 0.641. The molecule has 0 heterocycles. The summed E-state index contributed by atoms with van der Waals surface area (Å²) in [5, 5.41) is 0. The Morgan fingerprint density at radius 1 is 0.900 bits per heavy atom. The summed E-state index contributed by atoms with van der Waals surface area (Å²) >= 11 is 0. The summed E-state index contributed by atoms with van der Waals surface area (Å²) in [6.45, 7) is 0. The maximum Gasteiger partial charge on any atom is 0.225 e. The average Bonchev–Trinajstić information content (AvgIpc) is 2.46. The largest absolute Gasteiger partial charge is 0.381 e. The first-order chi connectivity index (χ1) is 9.72. The van der Waals surface area contributed by atoms with Gasteiger partial charge in [0.05, 0.1) is 6.10 Å². The number of ether oxygens (including phenoxy) is 1. The molecule has 0 unspecified atom stereocenters. The minimum atomic E-state index is 0.247. The van der Waals surface area contributed by atoms with Gasteiger partial charge in [0.2, 0.25) is 5.91 Å². The topological polar surface area (TPSA) is 29.5 Å². The minimum Gasteiger partial charge on any atom is -0.381 e. The normalized spacial score (nSPS) is 29.5. The SMILES string of the molecule is COC1CCC(C(=O)N(C)C2CCCCCCC2)CC1. The van der Waals surface area contributed by atoms with Gasteiger partial charge in [-0.15, -0.1) is 0 Å². The van der Waals surface area contributed by atoms with Crippen molar-refractivity contribution in [2.45, 2.75) is 82.8 Å². The predicted molar refractivity (Wildman–Crippen MR) is 81.6 cm³/mol. The molecule has 2 saturated carbocycles. The first-order valence-corrected chi connectivity index (χ1v) is 8.52. The quantitative estimate of drug-likeness (QED) is 0.788. The molecule has 0 aliphatic heterocycles. The van der Waals surface area contributed by atoms with Crippen LogP contribution in [0.3, 0.4) is 0 Å². The van der Waals surface area contributed by atoms with Crippen molar-refractivity contribution in [1.29, 1.82) is 0 Å². The van der Waals surface area contributed by atoms with E-state index in [1.165, 1.54) is 44.9 Å². The highest BCUT2D eigenvalue weighted by Gasteiger charge is 2.30. The molecule has 1 amide bonds. The van der Waals surface area contributed by atoms with Gasteiger partial charge in [-0.2, -0.15) is 0 Å². The van der Waals surface area contributed by atoms with E-state index in [9.17, 15) is 4.79 Å². The van der Waals surface area contributed by atoms with E-state index in [1.54, 1.807) is 7.11 Å². The second-order valence-electron chi connectivity index (χ2n) is 6.66. The lowest BCUT2D eigenvalue weighted by atomic mass is 9.85. The maximum atomic E-state index is 12.7. The van der Waals surface area contributed by atoms with E-state index in [0.717, 1.165) is 25.7 Å². The van der Waals surface area contributed by atoms with E-state index in [0.29, 0.717) is 18.1 Å². The molecule has 20 heavy (non-hydrogen) atoms. The zero-order valence-corrected chi connectivity index (χ0v) is 13.3. The van der Waals surface area contributed by atoms with Crippen LogP contribution in [0.2, 0.25) is 0 Å². The van der Waals surface area contributed by atoms with E-state index in [-0.39, 0.29) is 5.92 Å². The van der Waals surface area contributed by atoms with Crippen LogP contribution in [0.15, 0.2) is 0 Å². The van der Waals surface area contributed by atoms with Gasteiger partial charge in [-0.3, -0.25) is 4.79 Å². The van der Waals surface area contributed by atoms with Crippen LogP contribution in [0.4, 0.5) is 0 Å². The lowest BCUT2D eigenvalue weighted by Crippen LogP contribution is -2.42. The Labute approximate surface area is 124 Å². The fourth-order valence-electron chi connectivity index (χ4n) is 3.84. The third-order valence-electron chi connectivity index (χ3n) is 5.33. The number of carbonyl (C=O) groups is 1. The summed E-state index contributed by atoms with van der Waals surface area (Å²) in [5.41, 5.74) is 0. The fourth-order valence-corrected chi connectivity index (χ4v) is 3.84. The van der Waals surface area contributed by atoms with Crippen molar-refractivity contribution in [1.82, 2.24) is 4.90 Å². The smallest absolute Gasteiger partial charge is 0.225 e. The highest BCUT2D eigenvalue weighted by molar-refractivity contribution is 5.79. The van der Waals surface area contributed by atoms with Gasteiger partial charge in [0.1, 0.15) is 0 Å². The molecule has 0 N–H and O–H groups in total. The molecule has 0 aromatic heterocycles. The summed E-state index contributed by atoms with van der Waals surface area (Å²) in [7, 11) is 3.82. The maximum absolute atomic E-state index is 12.7. The first-order valence-electron chi connectivity index (χ1n) is 8.52. The molecule has 2 fully saturated rings. The van der Waals surface area contributed by atoms with E-state index >= 15 is 0 Å². The van der Waals surface area contributed by atoms with Gasteiger partial charge in [0.15, 0.2) is 0 Å². The molecule has 0 saturated heterocycles. The number of rotatable bonds is 3. The van der Waals surface area contributed by atoms with Gasteiger partial charge in [-0.1, -0.05) is 32.1 Å². The zero-order chi connectivity index (χ0) is 14.4. The van der Waals surface area contributed by atoms with E-state index < -0.39 is 0 Å². The number of hydrogen-bond acceptors (Lipinski definition) is 2. The van der Waals surface area contributed by atoms with Crippen molar-refractivity contribution < 1.29 is 9.53 Å². The van der Waals surface area contributed by atoms with Crippen LogP contribution in [-0.2, 0) is 9.53 Å². The molecule has 0 radical (unpaired) electrons. The second-order valence-corrected chi connectivity index (χ2v) is 6.66. The van der Waals surface area contributed by atoms with Crippen molar-refractivity contribution in [2.75, 3.05) is 14.2 Å². The van der Waals surface area contributed by atoms with Crippen LogP contribution in [-0.4, -0.2) is 37.1 Å². The number of methoxy groups -OCH3 is 1. The Bertz CT molecular complexity index is 289.